The van der Waals surface area contributed by atoms with Gasteiger partial charge in [-0.3, -0.25) is 9.36 Å². The molecule has 1 aromatic carbocycles. The maximum Gasteiger partial charge on any atom is 0.274 e. The van der Waals surface area contributed by atoms with Gasteiger partial charge in [0.1, 0.15) is 29.9 Å². The summed E-state index contributed by atoms with van der Waals surface area (Å²) >= 11 is 0. The van der Waals surface area contributed by atoms with Gasteiger partial charge in [-0.25, -0.2) is 4.98 Å². The zero-order valence-electron chi connectivity index (χ0n) is 10.8. The van der Waals surface area contributed by atoms with E-state index in [0.717, 1.165) is 0 Å². The van der Waals surface area contributed by atoms with Gasteiger partial charge in [-0.2, -0.15) is 0 Å². The number of phenols is 1. The van der Waals surface area contributed by atoms with Crippen LogP contribution in [0.4, 0.5) is 5.69 Å². The van der Waals surface area contributed by atoms with Crippen molar-refractivity contribution in [3.63, 3.8) is 0 Å². The van der Waals surface area contributed by atoms with E-state index >= 15 is 0 Å². The Kier molecular flexibility index (Phi) is 3.30. The van der Waals surface area contributed by atoms with E-state index in [9.17, 15) is 9.90 Å². The highest BCUT2D eigenvalue weighted by Gasteiger charge is 2.09. The standard InChI is InChI=1S/C14H11N5O2/c20-11-4-1-3-10(7-11)17-14(21)12-5-2-6-13(18-12)19-8-15-16-9-19/h1-9,20H,(H,17,21). The summed E-state index contributed by atoms with van der Waals surface area (Å²) in [7, 11) is 0. The summed E-state index contributed by atoms with van der Waals surface area (Å²) < 4.78 is 1.60. The Labute approximate surface area is 119 Å². The number of aromatic nitrogens is 4. The predicted molar refractivity (Wildman–Crippen MR) is 75.2 cm³/mol. The number of pyridine rings is 1. The van der Waals surface area contributed by atoms with Crippen molar-refractivity contribution in [3.05, 3.63) is 60.8 Å². The molecule has 1 amide bonds. The van der Waals surface area contributed by atoms with Gasteiger partial charge in [-0.15, -0.1) is 10.2 Å². The number of hydrogen-bond acceptors (Lipinski definition) is 5. The monoisotopic (exact) mass is 281 g/mol. The number of nitrogens with one attached hydrogen (secondary N) is 1. The fourth-order valence-corrected chi connectivity index (χ4v) is 1.79. The van der Waals surface area contributed by atoms with Crippen LogP contribution in [0.2, 0.25) is 0 Å². The molecule has 0 bridgehead atoms. The van der Waals surface area contributed by atoms with Crippen LogP contribution in [-0.2, 0) is 0 Å². The predicted octanol–water partition coefficient (Wildman–Crippen LogP) is 1.62. The maximum atomic E-state index is 12.2. The number of amides is 1. The Hall–Kier alpha value is -3.22. The van der Waals surface area contributed by atoms with E-state index < -0.39 is 0 Å². The molecule has 0 spiro atoms. The van der Waals surface area contributed by atoms with Crippen LogP contribution in [0.25, 0.3) is 5.82 Å². The summed E-state index contributed by atoms with van der Waals surface area (Å²) in [4.78, 5) is 16.4. The third kappa shape index (κ3) is 2.86. The first kappa shape index (κ1) is 12.8. The lowest BCUT2D eigenvalue weighted by Crippen LogP contribution is -2.14. The molecule has 0 radical (unpaired) electrons. The van der Waals surface area contributed by atoms with Crippen LogP contribution in [0.5, 0.6) is 5.75 Å². The SMILES string of the molecule is O=C(Nc1cccc(O)c1)c1cccc(-n2cnnc2)n1. The Morgan fingerprint density at radius 3 is 2.62 bits per heavy atom. The molecule has 0 aliphatic carbocycles. The molecule has 0 unspecified atom stereocenters. The molecule has 2 aromatic heterocycles. The zero-order chi connectivity index (χ0) is 14.7. The van der Waals surface area contributed by atoms with E-state index in [-0.39, 0.29) is 17.4 Å². The number of hydrogen-bond donors (Lipinski definition) is 2. The molecule has 3 rings (SSSR count). The van der Waals surface area contributed by atoms with Crippen LogP contribution in [0.3, 0.4) is 0 Å². The first-order valence-electron chi connectivity index (χ1n) is 6.15. The highest BCUT2D eigenvalue weighted by Crippen LogP contribution is 2.16. The summed E-state index contributed by atoms with van der Waals surface area (Å²) in [6.45, 7) is 0. The largest absolute Gasteiger partial charge is 0.508 e. The third-order valence-corrected chi connectivity index (χ3v) is 2.75. The summed E-state index contributed by atoms with van der Waals surface area (Å²) in [5.74, 6) is 0.262. The molecule has 2 N–H and O–H groups in total. The van der Waals surface area contributed by atoms with Crippen molar-refractivity contribution in [2.45, 2.75) is 0 Å². The number of carbonyl (C=O) groups excluding carboxylic acids is 1. The molecule has 7 nitrogen and oxygen atoms in total. The minimum absolute atomic E-state index is 0.0824. The second kappa shape index (κ2) is 5.41. The fraction of sp³-hybridized carbons (Fsp3) is 0. The molecule has 21 heavy (non-hydrogen) atoms. The van der Waals surface area contributed by atoms with Gasteiger partial charge < -0.3 is 10.4 Å². The third-order valence-electron chi connectivity index (χ3n) is 2.75. The van der Waals surface area contributed by atoms with Gasteiger partial charge in [0.25, 0.3) is 5.91 Å². The lowest BCUT2D eigenvalue weighted by atomic mass is 10.2. The van der Waals surface area contributed by atoms with Crippen LogP contribution in [0.1, 0.15) is 10.5 Å². The molecule has 3 aromatic rings. The van der Waals surface area contributed by atoms with E-state index in [4.69, 9.17) is 0 Å². The average molecular weight is 281 g/mol. The molecule has 0 saturated carbocycles. The van der Waals surface area contributed by atoms with E-state index in [1.165, 1.54) is 24.8 Å². The number of anilines is 1. The van der Waals surface area contributed by atoms with Gasteiger partial charge in [-0.05, 0) is 24.3 Å². The van der Waals surface area contributed by atoms with Crippen molar-refractivity contribution >= 4 is 11.6 Å². The highest BCUT2D eigenvalue weighted by atomic mass is 16.3. The van der Waals surface area contributed by atoms with Crippen molar-refractivity contribution in [1.82, 2.24) is 19.7 Å². The van der Waals surface area contributed by atoms with E-state index in [1.807, 2.05) is 0 Å². The molecule has 2 heterocycles. The van der Waals surface area contributed by atoms with Crippen LogP contribution in [-0.4, -0.2) is 30.8 Å². The van der Waals surface area contributed by atoms with Crippen molar-refractivity contribution in [2.75, 3.05) is 5.32 Å². The zero-order valence-corrected chi connectivity index (χ0v) is 10.8. The van der Waals surface area contributed by atoms with Gasteiger partial charge >= 0.3 is 0 Å². The molecule has 0 fully saturated rings. The Balaban J connectivity index is 1.83. The molecular weight excluding hydrogens is 270 g/mol. The topological polar surface area (TPSA) is 92.9 Å². The summed E-state index contributed by atoms with van der Waals surface area (Å²) in [5, 5.41) is 19.4. The summed E-state index contributed by atoms with van der Waals surface area (Å²) in [6.07, 6.45) is 3.00. The minimum atomic E-state index is -0.365. The molecule has 104 valence electrons. The maximum absolute atomic E-state index is 12.2. The van der Waals surface area contributed by atoms with Crippen molar-refractivity contribution in [3.8, 4) is 11.6 Å². The second-order valence-electron chi connectivity index (χ2n) is 4.25. The Morgan fingerprint density at radius 2 is 1.86 bits per heavy atom. The molecule has 0 aliphatic heterocycles. The lowest BCUT2D eigenvalue weighted by molar-refractivity contribution is 0.102. The fourth-order valence-electron chi connectivity index (χ4n) is 1.79. The number of phenolic OH excluding ortho intramolecular Hbond substituents is 1. The summed E-state index contributed by atoms with van der Waals surface area (Å²) in [5.41, 5.74) is 0.751. The van der Waals surface area contributed by atoms with Crippen molar-refractivity contribution < 1.29 is 9.90 Å². The molecule has 0 atom stereocenters. The Bertz CT molecular complexity index is 771. The molecule has 0 aliphatic rings. The first-order valence-corrected chi connectivity index (χ1v) is 6.15. The van der Waals surface area contributed by atoms with Gasteiger partial charge in [0.05, 0.1) is 0 Å². The normalized spacial score (nSPS) is 10.3. The quantitative estimate of drug-likeness (QED) is 0.761. The first-order chi connectivity index (χ1) is 10.2. The van der Waals surface area contributed by atoms with Crippen molar-refractivity contribution in [2.24, 2.45) is 0 Å². The number of rotatable bonds is 3. The average Bonchev–Trinajstić information content (AvgIpc) is 3.02. The minimum Gasteiger partial charge on any atom is -0.508 e. The molecule has 7 heteroatoms. The van der Waals surface area contributed by atoms with Crippen LogP contribution in [0.15, 0.2) is 55.1 Å². The summed E-state index contributed by atoms with van der Waals surface area (Å²) in [6, 6.07) is 11.4. The van der Waals surface area contributed by atoms with Gasteiger partial charge in [0.2, 0.25) is 0 Å². The highest BCUT2D eigenvalue weighted by molar-refractivity contribution is 6.03. The number of aromatic hydroxyl groups is 1. The number of benzene rings is 1. The van der Waals surface area contributed by atoms with E-state index in [0.29, 0.717) is 11.5 Å². The van der Waals surface area contributed by atoms with E-state index in [1.54, 1.807) is 34.9 Å². The molecular formula is C14H11N5O2. The Morgan fingerprint density at radius 1 is 1.10 bits per heavy atom. The lowest BCUT2D eigenvalue weighted by Gasteiger charge is -2.06. The van der Waals surface area contributed by atoms with Crippen LogP contribution < -0.4 is 5.32 Å². The van der Waals surface area contributed by atoms with Gasteiger partial charge in [0.15, 0.2) is 0 Å². The van der Waals surface area contributed by atoms with E-state index in [2.05, 4.69) is 20.5 Å². The second-order valence-corrected chi connectivity index (χ2v) is 4.25. The van der Waals surface area contributed by atoms with Gasteiger partial charge in [0, 0.05) is 11.8 Å². The number of carbonyl (C=O) groups is 1. The van der Waals surface area contributed by atoms with Gasteiger partial charge in [-0.1, -0.05) is 12.1 Å². The van der Waals surface area contributed by atoms with Crippen LogP contribution in [0, 0.1) is 0 Å². The number of nitrogens with zero attached hydrogens (tertiary/aromatic N) is 4. The van der Waals surface area contributed by atoms with Crippen molar-refractivity contribution in [1.29, 1.82) is 0 Å². The smallest absolute Gasteiger partial charge is 0.274 e. The molecule has 0 saturated heterocycles. The van der Waals surface area contributed by atoms with Crippen LogP contribution >= 0.6 is 0 Å².